The molecule has 4 rings (SSSR count). The molecule has 0 saturated carbocycles. The molecule has 0 aliphatic carbocycles. The third-order valence-corrected chi connectivity index (χ3v) is 6.50. The molecule has 4 aromatic rings. The van der Waals surface area contributed by atoms with Crippen LogP contribution in [0.25, 0.3) is 5.69 Å². The predicted octanol–water partition coefficient (Wildman–Crippen LogP) is 5.47. The summed E-state index contributed by atoms with van der Waals surface area (Å²) in [6.07, 6.45) is 1.49. The predicted molar refractivity (Wildman–Crippen MR) is 137 cm³/mol. The second kappa shape index (κ2) is 11.0. The normalized spacial score (nSPS) is 10.8. The van der Waals surface area contributed by atoms with Crippen LogP contribution in [0.15, 0.2) is 78.0 Å². The fourth-order valence-electron chi connectivity index (χ4n) is 3.78. The van der Waals surface area contributed by atoms with Gasteiger partial charge in [-0.15, -0.1) is 10.2 Å². The highest BCUT2D eigenvalue weighted by molar-refractivity contribution is 7.99. The highest BCUT2D eigenvalue weighted by atomic mass is 32.2. The number of aromatic nitrogens is 3. The first-order chi connectivity index (χ1) is 16.6. The molecule has 0 bridgehead atoms. The lowest BCUT2D eigenvalue weighted by atomic mass is 10.1. The van der Waals surface area contributed by atoms with Gasteiger partial charge in [0.1, 0.15) is 11.6 Å². The second-order valence-corrected chi connectivity index (χ2v) is 8.84. The Morgan fingerprint density at radius 1 is 1.00 bits per heavy atom. The van der Waals surface area contributed by atoms with Gasteiger partial charge < -0.3 is 10.1 Å². The minimum absolute atomic E-state index is 0.0668. The largest absolute Gasteiger partial charge is 0.497 e. The molecule has 1 amide bonds. The van der Waals surface area contributed by atoms with Crippen molar-refractivity contribution in [2.45, 2.75) is 31.8 Å². The van der Waals surface area contributed by atoms with Crippen LogP contribution in [0.5, 0.6) is 5.75 Å². The molecule has 0 aliphatic heterocycles. The monoisotopic (exact) mass is 472 g/mol. The maximum atomic E-state index is 12.8. The molecule has 0 radical (unpaired) electrons. The Bertz CT molecular complexity index is 1250. The fourth-order valence-corrected chi connectivity index (χ4v) is 4.56. The van der Waals surface area contributed by atoms with Gasteiger partial charge in [-0.25, -0.2) is 0 Å². The number of benzene rings is 3. The lowest BCUT2D eigenvalue weighted by Gasteiger charge is -2.13. The first-order valence-electron chi connectivity index (χ1n) is 11.2. The van der Waals surface area contributed by atoms with Crippen molar-refractivity contribution in [1.29, 1.82) is 0 Å². The molecule has 0 atom stereocenters. The van der Waals surface area contributed by atoms with E-state index in [4.69, 9.17) is 4.74 Å². The quantitative estimate of drug-likeness (QED) is 0.327. The molecule has 0 aliphatic rings. The molecule has 174 valence electrons. The van der Waals surface area contributed by atoms with Crippen LogP contribution in [0.3, 0.4) is 0 Å². The van der Waals surface area contributed by atoms with Crippen molar-refractivity contribution in [2.24, 2.45) is 0 Å². The first-order valence-corrected chi connectivity index (χ1v) is 12.2. The van der Waals surface area contributed by atoms with E-state index in [-0.39, 0.29) is 11.7 Å². The molecule has 0 saturated heterocycles. The molecule has 0 fully saturated rings. The van der Waals surface area contributed by atoms with E-state index in [9.17, 15) is 4.79 Å². The van der Waals surface area contributed by atoms with E-state index in [2.05, 4.69) is 34.6 Å². The van der Waals surface area contributed by atoms with Gasteiger partial charge in [0.25, 0.3) is 0 Å². The van der Waals surface area contributed by atoms with Crippen LogP contribution >= 0.6 is 11.8 Å². The second-order valence-electron chi connectivity index (χ2n) is 7.89. The van der Waals surface area contributed by atoms with E-state index in [0.29, 0.717) is 11.6 Å². The number of nitrogens with zero attached hydrogens (tertiary/aromatic N) is 3. The Balaban J connectivity index is 1.57. The number of nitrogens with one attached hydrogen (secondary N) is 1. The van der Waals surface area contributed by atoms with Crippen LogP contribution in [0, 0.1) is 6.92 Å². The number of hydrogen-bond acceptors (Lipinski definition) is 5. The molecule has 6 nitrogen and oxygen atoms in total. The molecule has 1 aromatic heterocycles. The zero-order chi connectivity index (χ0) is 23.9. The van der Waals surface area contributed by atoms with E-state index in [0.717, 1.165) is 46.1 Å². The number of aryl methyl sites for hydroxylation is 2. The molecule has 1 N–H and O–H groups in total. The Morgan fingerprint density at radius 3 is 2.47 bits per heavy atom. The number of ether oxygens (including phenoxy) is 1. The number of thioether (sulfide) groups is 1. The summed E-state index contributed by atoms with van der Waals surface area (Å²) in [5.74, 6) is 1.76. The van der Waals surface area contributed by atoms with E-state index in [1.165, 1.54) is 11.8 Å². The van der Waals surface area contributed by atoms with Crippen LogP contribution < -0.4 is 10.1 Å². The summed E-state index contributed by atoms with van der Waals surface area (Å²) in [4.78, 5) is 12.8. The summed E-state index contributed by atoms with van der Waals surface area (Å²) in [6.45, 7) is 4.10. The number of carbonyl (C=O) groups excluding carboxylic acids is 1. The van der Waals surface area contributed by atoms with Gasteiger partial charge in [0.15, 0.2) is 5.16 Å². The average molecular weight is 473 g/mol. The molecule has 7 heteroatoms. The molecular weight excluding hydrogens is 444 g/mol. The van der Waals surface area contributed by atoms with Crippen molar-refractivity contribution < 1.29 is 9.53 Å². The molecule has 34 heavy (non-hydrogen) atoms. The zero-order valence-corrected chi connectivity index (χ0v) is 20.4. The van der Waals surface area contributed by atoms with Gasteiger partial charge in [0.05, 0.1) is 12.9 Å². The first kappa shape index (κ1) is 23.6. The summed E-state index contributed by atoms with van der Waals surface area (Å²) in [5, 5.41) is 12.6. The van der Waals surface area contributed by atoms with Crippen molar-refractivity contribution >= 4 is 23.4 Å². The van der Waals surface area contributed by atoms with Gasteiger partial charge in [-0.2, -0.15) is 0 Å². The summed E-state index contributed by atoms with van der Waals surface area (Å²) in [5.41, 5.74) is 5.16. The third kappa shape index (κ3) is 5.48. The van der Waals surface area contributed by atoms with Crippen molar-refractivity contribution in [3.63, 3.8) is 0 Å². The van der Waals surface area contributed by atoms with Gasteiger partial charge in [-0.1, -0.05) is 67.2 Å². The summed E-state index contributed by atoms with van der Waals surface area (Å²) >= 11 is 1.38. The SMILES string of the molecule is CCc1cccc(C)c1NC(=O)CSc1nnc(Cc2ccccc2)n1-c1ccc(OC)cc1. The number of para-hydroxylation sites is 1. The number of anilines is 1. The lowest BCUT2D eigenvalue weighted by Crippen LogP contribution is -2.16. The third-order valence-electron chi connectivity index (χ3n) is 5.57. The van der Waals surface area contributed by atoms with Gasteiger partial charge in [0, 0.05) is 17.8 Å². The smallest absolute Gasteiger partial charge is 0.234 e. The lowest BCUT2D eigenvalue weighted by molar-refractivity contribution is -0.113. The van der Waals surface area contributed by atoms with Crippen LogP contribution in [0.1, 0.15) is 29.4 Å². The highest BCUT2D eigenvalue weighted by Gasteiger charge is 2.17. The van der Waals surface area contributed by atoms with Crippen LogP contribution in [0.4, 0.5) is 5.69 Å². The van der Waals surface area contributed by atoms with Crippen LogP contribution in [-0.2, 0) is 17.6 Å². The van der Waals surface area contributed by atoms with E-state index < -0.39 is 0 Å². The molecule has 1 heterocycles. The van der Waals surface area contributed by atoms with Crippen LogP contribution in [-0.4, -0.2) is 33.5 Å². The van der Waals surface area contributed by atoms with Crippen molar-refractivity contribution in [1.82, 2.24) is 14.8 Å². The summed E-state index contributed by atoms with van der Waals surface area (Å²) in [6, 6.07) is 24.0. The number of hydrogen-bond donors (Lipinski definition) is 1. The molecular formula is C27H28N4O2S. The number of rotatable bonds is 9. The Hall–Kier alpha value is -3.58. The molecule has 3 aromatic carbocycles. The minimum Gasteiger partial charge on any atom is -0.497 e. The topological polar surface area (TPSA) is 69.0 Å². The van der Waals surface area contributed by atoms with Gasteiger partial charge in [0.2, 0.25) is 5.91 Å². The number of amides is 1. The van der Waals surface area contributed by atoms with E-state index >= 15 is 0 Å². The van der Waals surface area contributed by atoms with Crippen molar-refractivity contribution in [3.05, 3.63) is 95.3 Å². The maximum Gasteiger partial charge on any atom is 0.234 e. The van der Waals surface area contributed by atoms with E-state index in [1.807, 2.05) is 72.2 Å². The van der Waals surface area contributed by atoms with Crippen LogP contribution in [0.2, 0.25) is 0 Å². The minimum atomic E-state index is -0.0668. The molecule has 0 unspecified atom stereocenters. The Labute approximate surface area is 204 Å². The highest BCUT2D eigenvalue weighted by Crippen LogP contribution is 2.26. The summed E-state index contributed by atoms with van der Waals surface area (Å²) in [7, 11) is 1.65. The number of methoxy groups -OCH3 is 1. The average Bonchev–Trinajstić information content (AvgIpc) is 3.26. The zero-order valence-electron chi connectivity index (χ0n) is 19.6. The van der Waals surface area contributed by atoms with Crippen molar-refractivity contribution in [3.8, 4) is 11.4 Å². The Kier molecular flexibility index (Phi) is 7.65. The van der Waals surface area contributed by atoms with E-state index in [1.54, 1.807) is 7.11 Å². The van der Waals surface area contributed by atoms with Gasteiger partial charge in [-0.3, -0.25) is 9.36 Å². The van der Waals surface area contributed by atoms with Gasteiger partial charge >= 0.3 is 0 Å². The standard InChI is InChI=1S/C27H28N4O2S/c1-4-21-12-8-9-19(2)26(21)28-25(32)18-34-27-30-29-24(17-20-10-6-5-7-11-20)31(27)22-13-15-23(33-3)16-14-22/h5-16H,4,17-18H2,1-3H3,(H,28,32). The van der Waals surface area contributed by atoms with Crippen molar-refractivity contribution in [2.75, 3.05) is 18.2 Å². The maximum absolute atomic E-state index is 12.8. The Morgan fingerprint density at radius 2 is 1.76 bits per heavy atom. The van der Waals surface area contributed by atoms with Gasteiger partial charge in [-0.05, 0) is 54.3 Å². The summed E-state index contributed by atoms with van der Waals surface area (Å²) < 4.78 is 7.32. The number of carbonyl (C=O) groups is 1. The fraction of sp³-hybridized carbons (Fsp3) is 0.222. The molecule has 0 spiro atoms.